The van der Waals surface area contributed by atoms with E-state index in [-0.39, 0.29) is 6.10 Å². The summed E-state index contributed by atoms with van der Waals surface area (Å²) in [4.78, 5) is 1.41. The van der Waals surface area contributed by atoms with Gasteiger partial charge < -0.3 is 9.47 Å². The Morgan fingerprint density at radius 3 is 2.55 bits per heavy atom. The summed E-state index contributed by atoms with van der Waals surface area (Å²) < 4.78 is 12.6. The lowest BCUT2D eigenvalue weighted by Crippen LogP contribution is -2.22. The SMILES string of the molecule is c1ccc2c(c1)CCC(c1ccc3c(c1)OCC(c1ccc4c(c1)CCCCC4)O3)S2. The summed E-state index contributed by atoms with van der Waals surface area (Å²) in [6.07, 6.45) is 8.65. The van der Waals surface area contributed by atoms with E-state index in [2.05, 4.69) is 60.7 Å². The lowest BCUT2D eigenvalue weighted by atomic mass is 9.97. The quantitative estimate of drug-likeness (QED) is 0.401. The molecule has 0 saturated heterocycles. The average Bonchev–Trinajstić information content (AvgIpc) is 3.08. The third-order valence-corrected chi connectivity index (χ3v) is 8.36. The summed E-state index contributed by atoms with van der Waals surface area (Å²) in [5.41, 5.74) is 7.09. The molecule has 3 aromatic carbocycles. The standard InChI is InChI=1S/C28H28O2S/c1-2-6-19-10-11-22(16-21(19)8-3-1)26-18-29-25-17-23(12-14-24(25)30-26)28-15-13-20-7-4-5-9-27(20)31-28/h4-5,7,9-12,14,16-17,26,28H,1-3,6,8,13,15,18H2. The van der Waals surface area contributed by atoms with E-state index in [0.29, 0.717) is 11.9 Å². The van der Waals surface area contributed by atoms with Crippen LogP contribution in [-0.4, -0.2) is 6.61 Å². The van der Waals surface area contributed by atoms with E-state index in [0.717, 1.165) is 17.9 Å². The number of fused-ring (bicyclic) bond motifs is 3. The Balaban J connectivity index is 1.20. The lowest BCUT2D eigenvalue weighted by molar-refractivity contribution is 0.0911. The first-order valence-electron chi connectivity index (χ1n) is 11.6. The number of hydrogen-bond donors (Lipinski definition) is 0. The number of aryl methyl sites for hydroxylation is 3. The summed E-state index contributed by atoms with van der Waals surface area (Å²) in [6, 6.07) is 22.3. The van der Waals surface area contributed by atoms with Crippen molar-refractivity contribution in [2.45, 2.75) is 61.2 Å². The Kier molecular flexibility index (Phi) is 5.15. The van der Waals surface area contributed by atoms with Crippen LogP contribution < -0.4 is 9.47 Å². The van der Waals surface area contributed by atoms with E-state index < -0.39 is 0 Å². The van der Waals surface area contributed by atoms with Crippen LogP contribution in [0.2, 0.25) is 0 Å². The molecule has 2 aliphatic heterocycles. The van der Waals surface area contributed by atoms with Gasteiger partial charge in [0.2, 0.25) is 0 Å². The third-order valence-electron chi connectivity index (χ3n) is 6.91. The molecule has 3 heteroatoms. The van der Waals surface area contributed by atoms with Crippen molar-refractivity contribution in [2.75, 3.05) is 6.61 Å². The molecular formula is C28H28O2S. The summed E-state index contributed by atoms with van der Waals surface area (Å²) in [5, 5.41) is 0.478. The molecule has 2 atom stereocenters. The van der Waals surface area contributed by atoms with Gasteiger partial charge in [0, 0.05) is 10.1 Å². The van der Waals surface area contributed by atoms with Gasteiger partial charge in [-0.1, -0.05) is 48.9 Å². The second kappa shape index (κ2) is 8.27. The Labute approximate surface area is 189 Å². The first-order chi connectivity index (χ1) is 15.3. The van der Waals surface area contributed by atoms with Crippen LogP contribution in [0.1, 0.15) is 64.9 Å². The highest BCUT2D eigenvalue weighted by molar-refractivity contribution is 7.99. The minimum atomic E-state index is -0.0252. The second-order valence-corrected chi connectivity index (χ2v) is 10.2. The van der Waals surface area contributed by atoms with Crippen LogP contribution in [0.15, 0.2) is 65.6 Å². The summed E-state index contributed by atoms with van der Waals surface area (Å²) in [6.45, 7) is 0.579. The van der Waals surface area contributed by atoms with Crippen molar-refractivity contribution in [2.24, 2.45) is 0 Å². The maximum Gasteiger partial charge on any atom is 0.162 e. The predicted octanol–water partition coefficient (Wildman–Crippen LogP) is 7.25. The molecule has 3 aliphatic rings. The Hall–Kier alpha value is -2.39. The largest absolute Gasteiger partial charge is 0.485 e. The number of hydrogen-bond acceptors (Lipinski definition) is 3. The van der Waals surface area contributed by atoms with Crippen LogP contribution in [0.4, 0.5) is 0 Å². The molecule has 0 spiro atoms. The van der Waals surface area contributed by atoms with Crippen LogP contribution in [0.25, 0.3) is 0 Å². The minimum Gasteiger partial charge on any atom is -0.485 e. The molecule has 0 N–H and O–H groups in total. The zero-order valence-corrected chi connectivity index (χ0v) is 18.6. The third kappa shape index (κ3) is 3.85. The van der Waals surface area contributed by atoms with Crippen molar-refractivity contribution >= 4 is 11.8 Å². The molecule has 0 amide bonds. The molecule has 0 radical (unpaired) electrons. The van der Waals surface area contributed by atoms with Gasteiger partial charge in [0.1, 0.15) is 6.61 Å². The fourth-order valence-corrected chi connectivity index (χ4v) is 6.44. The van der Waals surface area contributed by atoms with Crippen LogP contribution >= 0.6 is 11.8 Å². The zero-order chi connectivity index (χ0) is 20.6. The van der Waals surface area contributed by atoms with Gasteiger partial charge >= 0.3 is 0 Å². The van der Waals surface area contributed by atoms with Gasteiger partial charge in [0.05, 0.1) is 0 Å². The number of rotatable bonds is 2. The van der Waals surface area contributed by atoms with E-state index in [1.165, 1.54) is 71.2 Å². The van der Waals surface area contributed by atoms with Crippen molar-refractivity contribution in [3.63, 3.8) is 0 Å². The van der Waals surface area contributed by atoms with Gasteiger partial charge in [0.25, 0.3) is 0 Å². The zero-order valence-electron chi connectivity index (χ0n) is 17.8. The minimum absolute atomic E-state index is 0.0252. The van der Waals surface area contributed by atoms with Crippen molar-refractivity contribution in [3.8, 4) is 11.5 Å². The maximum atomic E-state index is 6.41. The molecule has 0 aromatic heterocycles. The van der Waals surface area contributed by atoms with E-state index in [1.54, 1.807) is 0 Å². The van der Waals surface area contributed by atoms with Crippen LogP contribution in [0, 0.1) is 0 Å². The molecule has 0 saturated carbocycles. The van der Waals surface area contributed by atoms with Gasteiger partial charge in [-0.25, -0.2) is 0 Å². The summed E-state index contributed by atoms with van der Waals surface area (Å²) >= 11 is 1.98. The molecule has 2 heterocycles. The predicted molar refractivity (Wildman–Crippen MR) is 126 cm³/mol. The van der Waals surface area contributed by atoms with Crippen LogP contribution in [0.3, 0.4) is 0 Å². The lowest BCUT2D eigenvalue weighted by Gasteiger charge is -2.29. The van der Waals surface area contributed by atoms with Crippen molar-refractivity contribution in [3.05, 3.63) is 88.5 Å². The van der Waals surface area contributed by atoms with Gasteiger partial charge in [-0.15, -0.1) is 11.8 Å². The average molecular weight is 429 g/mol. The van der Waals surface area contributed by atoms with Crippen LogP contribution in [-0.2, 0) is 19.3 Å². The van der Waals surface area contributed by atoms with Crippen molar-refractivity contribution < 1.29 is 9.47 Å². The topological polar surface area (TPSA) is 18.5 Å². The van der Waals surface area contributed by atoms with E-state index in [9.17, 15) is 0 Å². The van der Waals surface area contributed by atoms with Crippen LogP contribution in [0.5, 0.6) is 11.5 Å². The second-order valence-electron chi connectivity index (χ2n) is 8.97. The smallest absolute Gasteiger partial charge is 0.162 e. The summed E-state index contributed by atoms with van der Waals surface area (Å²) in [7, 11) is 0. The first-order valence-corrected chi connectivity index (χ1v) is 12.5. The molecule has 158 valence electrons. The first kappa shape index (κ1) is 19.3. The maximum absolute atomic E-state index is 6.41. The Morgan fingerprint density at radius 1 is 0.710 bits per heavy atom. The molecule has 0 bridgehead atoms. The fourth-order valence-electron chi connectivity index (χ4n) is 5.14. The molecule has 31 heavy (non-hydrogen) atoms. The molecule has 2 nitrogen and oxygen atoms in total. The highest BCUT2D eigenvalue weighted by atomic mass is 32.2. The van der Waals surface area contributed by atoms with E-state index >= 15 is 0 Å². The molecular weight excluding hydrogens is 400 g/mol. The highest BCUT2D eigenvalue weighted by Crippen LogP contribution is 2.47. The fraction of sp³-hybridized carbons (Fsp3) is 0.357. The van der Waals surface area contributed by atoms with Crippen molar-refractivity contribution in [1.29, 1.82) is 0 Å². The molecule has 2 unspecified atom stereocenters. The van der Waals surface area contributed by atoms with Gasteiger partial charge in [0.15, 0.2) is 17.6 Å². The van der Waals surface area contributed by atoms with Gasteiger partial charge in [-0.2, -0.15) is 0 Å². The Bertz CT molecular complexity index is 1110. The molecule has 0 fully saturated rings. The number of ether oxygens (including phenoxy) is 2. The van der Waals surface area contributed by atoms with E-state index in [1.807, 2.05) is 11.8 Å². The highest BCUT2D eigenvalue weighted by Gasteiger charge is 2.26. The molecule has 3 aromatic rings. The van der Waals surface area contributed by atoms with E-state index in [4.69, 9.17) is 9.47 Å². The van der Waals surface area contributed by atoms with Crippen molar-refractivity contribution in [1.82, 2.24) is 0 Å². The molecule has 1 aliphatic carbocycles. The van der Waals surface area contributed by atoms with Gasteiger partial charge in [-0.3, -0.25) is 0 Å². The Morgan fingerprint density at radius 2 is 1.58 bits per heavy atom. The normalized spacial score (nSPS) is 22.2. The monoisotopic (exact) mass is 428 g/mol. The summed E-state index contributed by atoms with van der Waals surface area (Å²) in [5.74, 6) is 1.76. The molecule has 6 rings (SSSR count). The number of thioether (sulfide) groups is 1. The van der Waals surface area contributed by atoms with Gasteiger partial charge in [-0.05, 0) is 84.5 Å². The number of benzene rings is 3.